The first-order valence-corrected chi connectivity index (χ1v) is 12.6. The largest absolute Gasteiger partial charge is 0.487 e. The number of rotatable bonds is 5. The van der Waals surface area contributed by atoms with Crippen molar-refractivity contribution in [3.63, 3.8) is 0 Å². The molecule has 1 spiro atoms. The number of alkyl halides is 3. The third-order valence-electron chi connectivity index (χ3n) is 7.76. The van der Waals surface area contributed by atoms with Crippen LogP contribution in [-0.2, 0) is 6.42 Å². The van der Waals surface area contributed by atoms with Crippen molar-refractivity contribution in [3.8, 4) is 5.75 Å². The Morgan fingerprint density at radius 1 is 1.19 bits per heavy atom. The van der Waals surface area contributed by atoms with E-state index in [-0.39, 0.29) is 11.0 Å². The fourth-order valence-electron chi connectivity index (χ4n) is 6.09. The molecule has 2 N–H and O–H groups in total. The van der Waals surface area contributed by atoms with Crippen molar-refractivity contribution >= 4 is 17.0 Å². The van der Waals surface area contributed by atoms with Crippen LogP contribution < -0.4 is 15.0 Å². The maximum absolute atomic E-state index is 12.8. The Bertz CT molecular complexity index is 1310. The second-order valence-electron chi connectivity index (χ2n) is 11.3. The van der Waals surface area contributed by atoms with Crippen molar-refractivity contribution in [2.24, 2.45) is 5.41 Å². The highest BCUT2D eigenvalue weighted by Crippen LogP contribution is 2.46. The Morgan fingerprint density at radius 2 is 1.95 bits per heavy atom. The quantitative estimate of drug-likeness (QED) is 0.496. The van der Waals surface area contributed by atoms with Crippen LogP contribution in [-0.4, -0.2) is 69.1 Å². The van der Waals surface area contributed by atoms with E-state index in [9.17, 15) is 18.3 Å². The molecule has 3 aromatic rings. The second-order valence-corrected chi connectivity index (χ2v) is 11.3. The van der Waals surface area contributed by atoms with E-state index in [0.717, 1.165) is 55.0 Å². The first-order valence-electron chi connectivity index (χ1n) is 12.6. The number of aliphatic hydroxyl groups excluding tert-OH is 1. The molecule has 0 amide bonds. The van der Waals surface area contributed by atoms with Gasteiger partial charge in [-0.3, -0.25) is 4.90 Å². The zero-order valence-corrected chi connectivity index (χ0v) is 20.9. The molecule has 2 saturated heterocycles. The van der Waals surface area contributed by atoms with Crippen LogP contribution in [0.2, 0.25) is 0 Å². The van der Waals surface area contributed by atoms with Crippen LogP contribution in [0.4, 0.5) is 24.5 Å². The molecule has 198 valence electrons. The van der Waals surface area contributed by atoms with E-state index in [4.69, 9.17) is 4.74 Å². The summed E-state index contributed by atoms with van der Waals surface area (Å²) in [5, 5.41) is 18.7. The van der Waals surface area contributed by atoms with Crippen molar-refractivity contribution in [2.75, 3.05) is 42.9 Å². The summed E-state index contributed by atoms with van der Waals surface area (Å²) in [5.41, 5.74) is 3.54. The maximum atomic E-state index is 12.8. The van der Waals surface area contributed by atoms with Gasteiger partial charge in [-0.25, -0.2) is 9.50 Å². The lowest BCUT2D eigenvalue weighted by atomic mass is 9.72. The first kappa shape index (κ1) is 24.3. The molecule has 6 rings (SSSR count). The lowest BCUT2D eigenvalue weighted by Crippen LogP contribution is -2.61. The molecule has 0 aliphatic carbocycles. The van der Waals surface area contributed by atoms with Crippen LogP contribution in [0.3, 0.4) is 0 Å². The molecule has 5 heterocycles. The average molecular weight is 517 g/mol. The topological polar surface area (TPSA) is 78.2 Å². The summed E-state index contributed by atoms with van der Waals surface area (Å²) in [6.07, 6.45) is 2.26. The van der Waals surface area contributed by atoms with Crippen LogP contribution in [0.1, 0.15) is 44.0 Å². The predicted octanol–water partition coefficient (Wildman–Crippen LogP) is 4.01. The number of benzene rings is 1. The van der Waals surface area contributed by atoms with Gasteiger partial charge in [-0.1, -0.05) is 0 Å². The van der Waals surface area contributed by atoms with Crippen molar-refractivity contribution < 1.29 is 23.0 Å². The molecule has 8 nitrogen and oxygen atoms in total. The molecule has 3 aliphatic heterocycles. The fraction of sp³-hybridized carbons (Fsp3) is 0.538. The summed E-state index contributed by atoms with van der Waals surface area (Å²) in [6, 6.07) is 5.85. The van der Waals surface area contributed by atoms with Crippen molar-refractivity contribution in [1.82, 2.24) is 19.5 Å². The highest BCUT2D eigenvalue weighted by molar-refractivity contribution is 5.75. The standard InChI is InChI=1S/C26H31F3N6O2/c1-24(2)12-17-10-19(32-23(36)18-13-31-35-7-3-6-30-22(18)35)20(11-21(17)37-24)34-8-4-25(5-9-34)14-33(15-25)16-26(27,28)29/h3,6-7,10-11,13,23,32,36H,4-5,8-9,12,14-16H2,1-2H3. The zero-order chi connectivity index (χ0) is 26.0. The van der Waals surface area contributed by atoms with Gasteiger partial charge < -0.3 is 20.1 Å². The summed E-state index contributed by atoms with van der Waals surface area (Å²) in [7, 11) is 0. The monoisotopic (exact) mass is 516 g/mol. The highest BCUT2D eigenvalue weighted by atomic mass is 19.4. The summed E-state index contributed by atoms with van der Waals surface area (Å²) in [6.45, 7) is 5.71. The summed E-state index contributed by atoms with van der Waals surface area (Å²) >= 11 is 0. The van der Waals surface area contributed by atoms with Gasteiger partial charge >= 0.3 is 6.18 Å². The van der Waals surface area contributed by atoms with Gasteiger partial charge in [-0.2, -0.15) is 18.3 Å². The molecular formula is C26H31F3N6O2. The number of aromatic nitrogens is 3. The van der Waals surface area contributed by atoms with Crippen molar-refractivity contribution in [1.29, 1.82) is 0 Å². The molecule has 11 heteroatoms. The molecule has 1 unspecified atom stereocenters. The number of piperidine rings is 1. The van der Waals surface area contributed by atoms with Crippen LogP contribution in [0, 0.1) is 5.41 Å². The summed E-state index contributed by atoms with van der Waals surface area (Å²) < 4.78 is 46.1. The normalized spacial score (nSPS) is 21.5. The van der Waals surface area contributed by atoms with Gasteiger partial charge in [0, 0.05) is 56.6 Å². The zero-order valence-electron chi connectivity index (χ0n) is 20.9. The van der Waals surface area contributed by atoms with Crippen LogP contribution in [0.15, 0.2) is 36.8 Å². The summed E-state index contributed by atoms with van der Waals surface area (Å²) in [4.78, 5) is 8.09. The number of likely N-dealkylation sites (tertiary alicyclic amines) is 1. The van der Waals surface area contributed by atoms with Gasteiger partial charge in [-0.05, 0) is 44.2 Å². The van der Waals surface area contributed by atoms with Crippen LogP contribution >= 0.6 is 0 Å². The van der Waals surface area contributed by atoms with Crippen LogP contribution in [0.5, 0.6) is 5.75 Å². The smallest absolute Gasteiger partial charge is 0.401 e. The minimum absolute atomic E-state index is 0.0488. The van der Waals surface area contributed by atoms with E-state index in [2.05, 4.69) is 20.3 Å². The molecule has 0 radical (unpaired) electrons. The number of ether oxygens (including phenoxy) is 1. The van der Waals surface area contributed by atoms with Crippen molar-refractivity contribution in [3.05, 3.63) is 47.9 Å². The first-order chi connectivity index (χ1) is 17.5. The van der Waals surface area contributed by atoms with Gasteiger partial charge in [0.15, 0.2) is 11.9 Å². The molecule has 0 saturated carbocycles. The number of halogens is 3. The number of nitrogens with one attached hydrogen (secondary N) is 1. The minimum atomic E-state index is -4.15. The number of nitrogens with zero attached hydrogens (tertiary/aromatic N) is 5. The number of hydrogen-bond donors (Lipinski definition) is 2. The van der Waals surface area contributed by atoms with Crippen molar-refractivity contribution in [2.45, 2.75) is 51.1 Å². The Balaban J connectivity index is 1.23. The number of anilines is 2. The Labute approximate surface area is 213 Å². The molecule has 2 aromatic heterocycles. The minimum Gasteiger partial charge on any atom is -0.487 e. The third kappa shape index (κ3) is 4.70. The lowest BCUT2D eigenvalue weighted by molar-refractivity contribution is -0.171. The Hall–Kier alpha value is -3.05. The number of hydrogen-bond acceptors (Lipinski definition) is 7. The number of fused-ring (bicyclic) bond motifs is 2. The van der Waals surface area contributed by atoms with Gasteiger partial charge in [0.1, 0.15) is 11.4 Å². The third-order valence-corrected chi connectivity index (χ3v) is 7.76. The highest BCUT2D eigenvalue weighted by Gasteiger charge is 2.48. The second kappa shape index (κ2) is 8.49. The number of aliphatic hydroxyl groups is 1. The molecular weight excluding hydrogens is 485 g/mol. The molecule has 2 fully saturated rings. The fourth-order valence-corrected chi connectivity index (χ4v) is 6.09. The Kier molecular flexibility index (Phi) is 5.57. The van der Waals surface area contributed by atoms with Gasteiger partial charge in [0.2, 0.25) is 0 Å². The molecule has 37 heavy (non-hydrogen) atoms. The molecule has 0 bridgehead atoms. The van der Waals surface area contributed by atoms with E-state index in [1.54, 1.807) is 29.2 Å². The van der Waals surface area contributed by atoms with E-state index in [1.807, 2.05) is 26.0 Å². The predicted molar refractivity (Wildman–Crippen MR) is 133 cm³/mol. The molecule has 3 aliphatic rings. The van der Waals surface area contributed by atoms with E-state index in [0.29, 0.717) is 24.3 Å². The van der Waals surface area contributed by atoms with E-state index >= 15 is 0 Å². The molecule has 1 aromatic carbocycles. The lowest BCUT2D eigenvalue weighted by Gasteiger charge is -2.54. The molecule has 1 atom stereocenters. The van der Waals surface area contributed by atoms with Crippen LogP contribution in [0.25, 0.3) is 5.65 Å². The summed E-state index contributed by atoms with van der Waals surface area (Å²) in [5.74, 6) is 0.831. The van der Waals surface area contributed by atoms with E-state index in [1.165, 1.54) is 4.90 Å². The Morgan fingerprint density at radius 3 is 2.68 bits per heavy atom. The average Bonchev–Trinajstić information content (AvgIpc) is 3.36. The van der Waals surface area contributed by atoms with Gasteiger partial charge in [0.25, 0.3) is 0 Å². The van der Waals surface area contributed by atoms with Gasteiger partial charge in [0.05, 0.1) is 29.7 Å². The van der Waals surface area contributed by atoms with E-state index < -0.39 is 18.9 Å². The van der Waals surface area contributed by atoms with Gasteiger partial charge in [-0.15, -0.1) is 0 Å². The SMILES string of the molecule is CC1(C)Cc2cc(NC(O)c3cnn4cccnc34)c(N3CCC4(CC3)CN(CC(F)(F)F)C4)cc2O1. The maximum Gasteiger partial charge on any atom is 0.401 e.